The fourth-order valence-electron chi connectivity index (χ4n) is 2.79. The van der Waals surface area contributed by atoms with E-state index in [1.54, 1.807) is 4.90 Å². The van der Waals surface area contributed by atoms with Crippen LogP contribution < -0.4 is 0 Å². The summed E-state index contributed by atoms with van der Waals surface area (Å²) in [5.74, 6) is 1.30. The van der Waals surface area contributed by atoms with Gasteiger partial charge < -0.3 is 10.0 Å². The molecular formula is C13H19NO3. The average Bonchev–Trinajstić information content (AvgIpc) is 3.11. The second-order valence-electron chi connectivity index (χ2n) is 5.90. The highest BCUT2D eigenvalue weighted by atomic mass is 16.4. The maximum atomic E-state index is 12.2. The first-order valence-electron chi connectivity index (χ1n) is 6.65. The number of carbonyl (C=O) groups excluding carboxylic acids is 1. The van der Waals surface area contributed by atoms with Gasteiger partial charge in [0.15, 0.2) is 0 Å². The molecule has 3 saturated carbocycles. The van der Waals surface area contributed by atoms with E-state index in [4.69, 9.17) is 5.11 Å². The van der Waals surface area contributed by atoms with E-state index < -0.39 is 5.97 Å². The molecule has 0 aliphatic heterocycles. The van der Waals surface area contributed by atoms with Crippen LogP contribution in [0.3, 0.4) is 0 Å². The van der Waals surface area contributed by atoms with Crippen LogP contribution in [0.1, 0.15) is 32.1 Å². The van der Waals surface area contributed by atoms with E-state index in [2.05, 4.69) is 0 Å². The molecule has 3 aliphatic carbocycles. The maximum absolute atomic E-state index is 12.2. The van der Waals surface area contributed by atoms with Gasteiger partial charge in [-0.15, -0.1) is 0 Å². The lowest BCUT2D eigenvalue weighted by molar-refractivity contribution is -0.145. The highest BCUT2D eigenvalue weighted by Crippen LogP contribution is 2.55. The molecule has 0 aromatic heterocycles. The number of hydrogen-bond donors (Lipinski definition) is 1. The van der Waals surface area contributed by atoms with Gasteiger partial charge >= 0.3 is 5.97 Å². The van der Waals surface area contributed by atoms with Gasteiger partial charge in [0.05, 0.1) is 0 Å². The van der Waals surface area contributed by atoms with Gasteiger partial charge in [-0.3, -0.25) is 9.59 Å². The molecule has 0 unspecified atom stereocenters. The van der Waals surface area contributed by atoms with E-state index in [1.807, 2.05) is 0 Å². The minimum Gasteiger partial charge on any atom is -0.480 e. The lowest BCUT2D eigenvalue weighted by Crippen LogP contribution is -2.38. The molecule has 0 radical (unpaired) electrons. The number of hydrogen-bond acceptors (Lipinski definition) is 2. The first-order valence-corrected chi connectivity index (χ1v) is 6.65. The largest absolute Gasteiger partial charge is 0.480 e. The van der Waals surface area contributed by atoms with Gasteiger partial charge in [-0.25, -0.2) is 0 Å². The Morgan fingerprint density at radius 3 is 2.41 bits per heavy atom. The predicted octanol–water partition coefficient (Wildman–Crippen LogP) is 1.36. The van der Waals surface area contributed by atoms with Crippen molar-refractivity contribution in [3.05, 3.63) is 0 Å². The lowest BCUT2D eigenvalue weighted by Gasteiger charge is -2.20. The molecular weight excluding hydrogens is 218 g/mol. The highest BCUT2D eigenvalue weighted by Gasteiger charge is 2.52. The van der Waals surface area contributed by atoms with Crippen molar-refractivity contribution >= 4 is 11.9 Å². The van der Waals surface area contributed by atoms with Crippen LogP contribution in [-0.2, 0) is 9.59 Å². The Morgan fingerprint density at radius 1 is 1.18 bits per heavy atom. The molecule has 0 saturated heterocycles. The number of carboxylic acids is 1. The number of nitrogens with zero attached hydrogens (tertiary/aromatic N) is 1. The van der Waals surface area contributed by atoms with Gasteiger partial charge in [0.2, 0.25) is 5.91 Å². The smallest absolute Gasteiger partial charge is 0.323 e. The SMILES string of the molecule is O=C(O)CN(CC1CC1)C(=O)[C@H]1C[C@H]1C1CC1. The summed E-state index contributed by atoms with van der Waals surface area (Å²) in [6.45, 7) is 0.558. The van der Waals surface area contributed by atoms with Crippen LogP contribution in [0, 0.1) is 23.7 Å². The number of amides is 1. The van der Waals surface area contributed by atoms with Crippen molar-refractivity contribution in [2.45, 2.75) is 32.1 Å². The van der Waals surface area contributed by atoms with E-state index in [0.29, 0.717) is 18.4 Å². The highest BCUT2D eigenvalue weighted by molar-refractivity contribution is 5.85. The Kier molecular flexibility index (Phi) is 2.60. The third-order valence-electron chi connectivity index (χ3n) is 4.20. The number of rotatable bonds is 6. The number of aliphatic carboxylic acids is 1. The molecule has 1 N–H and O–H groups in total. The Balaban J connectivity index is 1.56. The molecule has 0 bridgehead atoms. The molecule has 4 nitrogen and oxygen atoms in total. The molecule has 94 valence electrons. The van der Waals surface area contributed by atoms with Gasteiger partial charge in [0, 0.05) is 12.5 Å². The number of carbonyl (C=O) groups is 2. The second kappa shape index (κ2) is 4.00. The van der Waals surface area contributed by atoms with Crippen molar-refractivity contribution in [1.82, 2.24) is 4.90 Å². The van der Waals surface area contributed by atoms with Crippen molar-refractivity contribution in [2.24, 2.45) is 23.7 Å². The molecule has 4 heteroatoms. The Bertz CT molecular complexity index is 347. The summed E-state index contributed by atoms with van der Waals surface area (Å²) in [5, 5.41) is 8.86. The zero-order chi connectivity index (χ0) is 12.0. The molecule has 0 spiro atoms. The summed E-state index contributed by atoms with van der Waals surface area (Å²) in [5.41, 5.74) is 0. The van der Waals surface area contributed by atoms with Crippen molar-refractivity contribution in [2.75, 3.05) is 13.1 Å². The fourth-order valence-corrected chi connectivity index (χ4v) is 2.79. The van der Waals surface area contributed by atoms with Gasteiger partial charge in [-0.05, 0) is 49.9 Å². The molecule has 0 aromatic rings. The van der Waals surface area contributed by atoms with Crippen LogP contribution in [0.4, 0.5) is 0 Å². The van der Waals surface area contributed by atoms with Crippen LogP contribution in [0.2, 0.25) is 0 Å². The summed E-state index contributed by atoms with van der Waals surface area (Å²) < 4.78 is 0. The van der Waals surface area contributed by atoms with Crippen LogP contribution >= 0.6 is 0 Å². The normalized spacial score (nSPS) is 31.1. The van der Waals surface area contributed by atoms with Crippen LogP contribution in [0.5, 0.6) is 0 Å². The van der Waals surface area contributed by atoms with Crippen molar-refractivity contribution in [3.63, 3.8) is 0 Å². The topological polar surface area (TPSA) is 57.6 Å². The minimum atomic E-state index is -0.886. The summed E-state index contributed by atoms with van der Waals surface area (Å²) in [6, 6.07) is 0. The Morgan fingerprint density at radius 2 is 1.88 bits per heavy atom. The van der Waals surface area contributed by atoms with Crippen LogP contribution in [0.25, 0.3) is 0 Å². The van der Waals surface area contributed by atoms with Gasteiger partial charge in [-0.2, -0.15) is 0 Å². The molecule has 3 rings (SSSR count). The third kappa shape index (κ3) is 2.61. The predicted molar refractivity (Wildman–Crippen MR) is 61.3 cm³/mol. The zero-order valence-electron chi connectivity index (χ0n) is 9.97. The van der Waals surface area contributed by atoms with E-state index >= 15 is 0 Å². The van der Waals surface area contributed by atoms with Gasteiger partial charge in [0.1, 0.15) is 6.54 Å². The molecule has 17 heavy (non-hydrogen) atoms. The minimum absolute atomic E-state index is 0.108. The van der Waals surface area contributed by atoms with E-state index in [9.17, 15) is 9.59 Å². The van der Waals surface area contributed by atoms with Crippen molar-refractivity contribution in [1.29, 1.82) is 0 Å². The summed E-state index contributed by atoms with van der Waals surface area (Å²) in [6.07, 6.45) is 5.86. The molecule has 1 amide bonds. The molecule has 0 heterocycles. The Labute approximate surface area is 101 Å². The molecule has 2 atom stereocenters. The summed E-state index contributed by atoms with van der Waals surface area (Å²) in [4.78, 5) is 24.6. The van der Waals surface area contributed by atoms with Gasteiger partial charge in [0.25, 0.3) is 0 Å². The third-order valence-corrected chi connectivity index (χ3v) is 4.20. The average molecular weight is 237 g/mol. The monoisotopic (exact) mass is 237 g/mol. The molecule has 3 fully saturated rings. The summed E-state index contributed by atoms with van der Waals surface area (Å²) >= 11 is 0. The van der Waals surface area contributed by atoms with E-state index in [1.165, 1.54) is 12.8 Å². The first-order chi connectivity index (χ1) is 8.15. The van der Waals surface area contributed by atoms with E-state index in [0.717, 1.165) is 25.2 Å². The van der Waals surface area contributed by atoms with Crippen LogP contribution in [0.15, 0.2) is 0 Å². The lowest BCUT2D eigenvalue weighted by atomic mass is 10.2. The molecule has 3 aliphatic rings. The standard InChI is InChI=1S/C13H19NO3/c15-12(16)7-14(6-8-1-2-8)13(17)11-5-10(11)9-3-4-9/h8-11H,1-7H2,(H,15,16)/t10-,11-/m0/s1. The van der Waals surface area contributed by atoms with Crippen molar-refractivity contribution in [3.8, 4) is 0 Å². The maximum Gasteiger partial charge on any atom is 0.323 e. The zero-order valence-corrected chi connectivity index (χ0v) is 9.97. The quantitative estimate of drug-likeness (QED) is 0.758. The summed E-state index contributed by atoms with van der Waals surface area (Å²) in [7, 11) is 0. The van der Waals surface area contributed by atoms with E-state index in [-0.39, 0.29) is 18.4 Å². The van der Waals surface area contributed by atoms with Gasteiger partial charge in [-0.1, -0.05) is 0 Å². The number of carboxylic acid groups (broad SMARTS) is 1. The second-order valence-corrected chi connectivity index (χ2v) is 5.90. The Hall–Kier alpha value is -1.06. The first kappa shape index (κ1) is 11.1. The van der Waals surface area contributed by atoms with Crippen LogP contribution in [-0.4, -0.2) is 35.0 Å². The molecule has 0 aromatic carbocycles. The van der Waals surface area contributed by atoms with Crippen molar-refractivity contribution < 1.29 is 14.7 Å². The fraction of sp³-hybridized carbons (Fsp3) is 0.846.